The maximum atomic E-state index is 12.2. The monoisotopic (exact) mass is 197 g/mol. The molecule has 1 saturated carbocycles. The van der Waals surface area contributed by atoms with Gasteiger partial charge in [-0.05, 0) is 18.3 Å². The number of hydrogen-bond acceptors (Lipinski definition) is 1. The first-order chi connectivity index (χ1) is 6.31. The van der Waals surface area contributed by atoms with E-state index in [0.717, 1.165) is 12.8 Å². The highest BCUT2D eigenvalue weighted by atomic mass is 16.2. The Hall–Kier alpha value is -0.530. The third-order valence-corrected chi connectivity index (χ3v) is 3.71. The van der Waals surface area contributed by atoms with Crippen molar-refractivity contribution >= 4 is 5.91 Å². The molecule has 0 saturated heterocycles. The van der Waals surface area contributed by atoms with Gasteiger partial charge < -0.3 is 4.90 Å². The third kappa shape index (κ3) is 1.67. The Morgan fingerprint density at radius 3 is 1.86 bits per heavy atom. The summed E-state index contributed by atoms with van der Waals surface area (Å²) in [5.74, 6) is 0.322. The van der Waals surface area contributed by atoms with E-state index in [2.05, 4.69) is 20.8 Å². The highest BCUT2D eigenvalue weighted by Gasteiger charge is 2.50. The minimum Gasteiger partial charge on any atom is -0.348 e. The molecule has 0 aromatic heterocycles. The van der Waals surface area contributed by atoms with Gasteiger partial charge in [0, 0.05) is 14.1 Å². The lowest BCUT2D eigenvalue weighted by atomic mass is 9.64. The third-order valence-electron chi connectivity index (χ3n) is 3.71. The van der Waals surface area contributed by atoms with Crippen LogP contribution in [0.3, 0.4) is 0 Å². The Kier molecular flexibility index (Phi) is 2.93. The number of hydrogen-bond donors (Lipinski definition) is 0. The first-order valence-electron chi connectivity index (χ1n) is 5.53. The summed E-state index contributed by atoms with van der Waals surface area (Å²) in [5.41, 5.74) is -0.0125. The Morgan fingerprint density at radius 2 is 1.57 bits per heavy atom. The van der Waals surface area contributed by atoms with E-state index in [1.165, 1.54) is 12.8 Å². The molecule has 1 rings (SSSR count). The molecular weight excluding hydrogens is 174 g/mol. The van der Waals surface area contributed by atoms with Gasteiger partial charge in [0.25, 0.3) is 0 Å². The maximum absolute atomic E-state index is 12.2. The first kappa shape index (κ1) is 11.5. The first-order valence-corrected chi connectivity index (χ1v) is 5.53. The van der Waals surface area contributed by atoms with Crippen molar-refractivity contribution in [3.05, 3.63) is 0 Å². The molecule has 82 valence electrons. The summed E-state index contributed by atoms with van der Waals surface area (Å²) >= 11 is 0. The molecule has 2 nitrogen and oxygen atoms in total. The SMILES string of the molecule is CN(C)C(=O)C1(C(C)(C)C)CCCC1. The Labute approximate surface area is 87.7 Å². The van der Waals surface area contributed by atoms with Gasteiger partial charge in [-0.3, -0.25) is 4.79 Å². The van der Waals surface area contributed by atoms with Gasteiger partial charge in [-0.15, -0.1) is 0 Å². The van der Waals surface area contributed by atoms with Gasteiger partial charge >= 0.3 is 0 Å². The fraction of sp³-hybridized carbons (Fsp3) is 0.917. The molecule has 0 aliphatic heterocycles. The van der Waals surface area contributed by atoms with Crippen molar-refractivity contribution in [2.24, 2.45) is 10.8 Å². The lowest BCUT2D eigenvalue weighted by Crippen LogP contribution is -2.46. The van der Waals surface area contributed by atoms with Crippen molar-refractivity contribution < 1.29 is 4.79 Å². The summed E-state index contributed by atoms with van der Waals surface area (Å²) < 4.78 is 0. The molecule has 0 spiro atoms. The molecule has 0 atom stereocenters. The zero-order chi connectivity index (χ0) is 11.0. The molecule has 2 heteroatoms. The smallest absolute Gasteiger partial charge is 0.228 e. The van der Waals surface area contributed by atoms with Crippen LogP contribution >= 0.6 is 0 Å². The quantitative estimate of drug-likeness (QED) is 0.633. The van der Waals surface area contributed by atoms with Gasteiger partial charge in [0.2, 0.25) is 5.91 Å². The van der Waals surface area contributed by atoms with Crippen LogP contribution in [-0.4, -0.2) is 24.9 Å². The summed E-state index contributed by atoms with van der Waals surface area (Å²) in [6.45, 7) is 6.58. The number of rotatable bonds is 1. The average molecular weight is 197 g/mol. The Balaban J connectivity index is 2.99. The lowest BCUT2D eigenvalue weighted by Gasteiger charge is -2.42. The lowest BCUT2D eigenvalue weighted by molar-refractivity contribution is -0.146. The summed E-state index contributed by atoms with van der Waals surface area (Å²) in [6.07, 6.45) is 4.54. The van der Waals surface area contributed by atoms with Crippen molar-refractivity contribution in [3.63, 3.8) is 0 Å². The number of carbonyl (C=O) groups is 1. The standard InChI is InChI=1S/C12H23NO/c1-11(2,3)12(8-6-7-9-12)10(14)13(4)5/h6-9H2,1-5H3. The van der Waals surface area contributed by atoms with Crippen LogP contribution in [0.15, 0.2) is 0 Å². The highest BCUT2D eigenvalue weighted by Crippen LogP contribution is 2.51. The van der Waals surface area contributed by atoms with E-state index < -0.39 is 0 Å². The summed E-state index contributed by atoms with van der Waals surface area (Å²) in [4.78, 5) is 14.0. The van der Waals surface area contributed by atoms with Gasteiger partial charge in [0.15, 0.2) is 0 Å². The normalized spacial score (nSPS) is 20.9. The number of carbonyl (C=O) groups excluding carboxylic acids is 1. The van der Waals surface area contributed by atoms with Crippen LogP contribution in [0.5, 0.6) is 0 Å². The summed E-state index contributed by atoms with van der Waals surface area (Å²) in [6, 6.07) is 0. The molecule has 0 heterocycles. The van der Waals surface area contributed by atoms with Crippen molar-refractivity contribution in [1.29, 1.82) is 0 Å². The second-order valence-electron chi connectivity index (χ2n) is 5.74. The van der Waals surface area contributed by atoms with Crippen LogP contribution in [0.25, 0.3) is 0 Å². The van der Waals surface area contributed by atoms with Crippen LogP contribution in [0.2, 0.25) is 0 Å². The van der Waals surface area contributed by atoms with Gasteiger partial charge in [0.05, 0.1) is 5.41 Å². The van der Waals surface area contributed by atoms with E-state index >= 15 is 0 Å². The molecule has 0 aromatic rings. The molecular formula is C12H23NO. The number of nitrogens with zero attached hydrogens (tertiary/aromatic N) is 1. The van der Waals surface area contributed by atoms with Crippen LogP contribution < -0.4 is 0 Å². The van der Waals surface area contributed by atoms with E-state index in [0.29, 0.717) is 5.91 Å². The van der Waals surface area contributed by atoms with Crippen molar-refractivity contribution in [3.8, 4) is 0 Å². The Morgan fingerprint density at radius 1 is 1.14 bits per heavy atom. The average Bonchev–Trinajstić information content (AvgIpc) is 2.50. The topological polar surface area (TPSA) is 20.3 Å². The molecule has 1 amide bonds. The largest absolute Gasteiger partial charge is 0.348 e. The van der Waals surface area contributed by atoms with Crippen molar-refractivity contribution in [2.75, 3.05) is 14.1 Å². The minimum atomic E-state index is -0.101. The zero-order valence-electron chi connectivity index (χ0n) is 10.2. The summed E-state index contributed by atoms with van der Waals surface area (Å²) in [7, 11) is 3.74. The molecule has 0 unspecified atom stereocenters. The molecule has 1 fully saturated rings. The molecule has 0 aromatic carbocycles. The number of amides is 1. The van der Waals surface area contributed by atoms with E-state index in [-0.39, 0.29) is 10.8 Å². The van der Waals surface area contributed by atoms with E-state index in [4.69, 9.17) is 0 Å². The molecule has 1 aliphatic carbocycles. The van der Waals surface area contributed by atoms with E-state index in [1.54, 1.807) is 4.90 Å². The van der Waals surface area contributed by atoms with Crippen molar-refractivity contribution in [2.45, 2.75) is 46.5 Å². The van der Waals surface area contributed by atoms with Gasteiger partial charge in [-0.2, -0.15) is 0 Å². The predicted octanol–water partition coefficient (Wildman–Crippen LogP) is 2.68. The van der Waals surface area contributed by atoms with Crippen LogP contribution in [0.1, 0.15) is 46.5 Å². The second-order valence-corrected chi connectivity index (χ2v) is 5.74. The Bertz CT molecular complexity index is 219. The van der Waals surface area contributed by atoms with Crippen LogP contribution in [0.4, 0.5) is 0 Å². The predicted molar refractivity (Wildman–Crippen MR) is 59.1 cm³/mol. The fourth-order valence-electron chi connectivity index (χ4n) is 2.69. The van der Waals surface area contributed by atoms with Crippen LogP contribution in [0, 0.1) is 10.8 Å². The van der Waals surface area contributed by atoms with E-state index in [1.807, 2.05) is 14.1 Å². The fourth-order valence-corrected chi connectivity index (χ4v) is 2.69. The molecule has 0 N–H and O–H groups in total. The van der Waals surface area contributed by atoms with Gasteiger partial charge in [0.1, 0.15) is 0 Å². The van der Waals surface area contributed by atoms with E-state index in [9.17, 15) is 4.79 Å². The second kappa shape index (κ2) is 3.56. The highest BCUT2D eigenvalue weighted by molar-refractivity contribution is 5.83. The maximum Gasteiger partial charge on any atom is 0.228 e. The van der Waals surface area contributed by atoms with Crippen molar-refractivity contribution in [1.82, 2.24) is 4.90 Å². The van der Waals surface area contributed by atoms with Crippen LogP contribution in [-0.2, 0) is 4.79 Å². The molecule has 0 bridgehead atoms. The molecule has 1 aliphatic rings. The summed E-state index contributed by atoms with van der Waals surface area (Å²) in [5, 5.41) is 0. The molecule has 14 heavy (non-hydrogen) atoms. The van der Waals surface area contributed by atoms with Gasteiger partial charge in [-0.1, -0.05) is 33.6 Å². The zero-order valence-corrected chi connectivity index (χ0v) is 10.2. The molecule has 0 radical (unpaired) electrons. The minimum absolute atomic E-state index is 0.0881. The van der Waals surface area contributed by atoms with Gasteiger partial charge in [-0.25, -0.2) is 0 Å².